The van der Waals surface area contributed by atoms with Crippen LogP contribution in [-0.4, -0.2) is 34.6 Å². The van der Waals surface area contributed by atoms with Crippen molar-refractivity contribution in [2.45, 2.75) is 39.7 Å². The third-order valence-electron chi connectivity index (χ3n) is 4.86. The topological polar surface area (TPSA) is 81.5 Å². The fourth-order valence-corrected chi connectivity index (χ4v) is 3.67. The summed E-state index contributed by atoms with van der Waals surface area (Å²) in [6.45, 7) is 6.36. The van der Waals surface area contributed by atoms with E-state index in [0.29, 0.717) is 22.0 Å². The van der Waals surface area contributed by atoms with Gasteiger partial charge in [0.25, 0.3) is 5.91 Å². The maximum Gasteiger partial charge on any atom is 0.335 e. The van der Waals surface area contributed by atoms with Crippen molar-refractivity contribution in [3.63, 3.8) is 0 Å². The Morgan fingerprint density at radius 3 is 2.03 bits per heavy atom. The van der Waals surface area contributed by atoms with Crippen molar-refractivity contribution in [1.29, 1.82) is 5.41 Å². The summed E-state index contributed by atoms with van der Waals surface area (Å²) in [5.74, 6) is -1.47. The van der Waals surface area contributed by atoms with Crippen molar-refractivity contribution in [3.05, 3.63) is 69.2 Å². The molecule has 160 valence electrons. The first-order chi connectivity index (χ1) is 13.9. The number of rotatable bonds is 7. The first kappa shape index (κ1) is 23.9. The summed E-state index contributed by atoms with van der Waals surface area (Å²) >= 11 is 12.0. The maximum atomic E-state index is 13.1. The van der Waals surface area contributed by atoms with Gasteiger partial charge in [0.1, 0.15) is 5.71 Å². The highest BCUT2D eigenvalue weighted by atomic mass is 35.5. The lowest BCUT2D eigenvalue weighted by molar-refractivity contribution is -0.125. The number of hydrogen-bond donors (Lipinski definition) is 2. The van der Waals surface area contributed by atoms with E-state index in [4.69, 9.17) is 33.7 Å². The molecular weight excluding hydrogens is 423 g/mol. The molecule has 0 spiro atoms. The first-order valence-corrected chi connectivity index (χ1v) is 10.3. The summed E-state index contributed by atoms with van der Waals surface area (Å²) in [5, 5.41) is 18.2. The standard InChI is InChI=1S/C23H26Cl2N2O3/c1-23(2,3)10-9-19(14-5-7-15(8-6-14)22(29)30)27(4)21(28)20(26)16-11-17(24)13-18(25)12-16/h5-8,11-13,19,26H,9-10H2,1-4H3,(H,29,30)/t19-/m1/s1. The molecule has 30 heavy (non-hydrogen) atoms. The highest BCUT2D eigenvalue weighted by Gasteiger charge is 2.27. The van der Waals surface area contributed by atoms with E-state index >= 15 is 0 Å². The van der Waals surface area contributed by atoms with Crippen molar-refractivity contribution in [2.75, 3.05) is 7.05 Å². The lowest BCUT2D eigenvalue weighted by Gasteiger charge is -2.31. The number of amides is 1. The van der Waals surface area contributed by atoms with Gasteiger partial charge in [0.15, 0.2) is 0 Å². The second-order valence-electron chi connectivity index (χ2n) is 8.49. The molecular formula is C23H26Cl2N2O3. The molecule has 0 bridgehead atoms. The maximum absolute atomic E-state index is 13.1. The molecule has 1 amide bonds. The number of carboxylic acids is 1. The van der Waals surface area contributed by atoms with Gasteiger partial charge in [0.2, 0.25) is 0 Å². The van der Waals surface area contributed by atoms with Gasteiger partial charge in [-0.25, -0.2) is 4.79 Å². The summed E-state index contributed by atoms with van der Waals surface area (Å²) in [6.07, 6.45) is 1.51. The van der Waals surface area contributed by atoms with Crippen molar-refractivity contribution in [1.82, 2.24) is 4.90 Å². The largest absolute Gasteiger partial charge is 0.478 e. The Morgan fingerprint density at radius 1 is 1.03 bits per heavy atom. The highest BCUT2D eigenvalue weighted by Crippen LogP contribution is 2.32. The van der Waals surface area contributed by atoms with E-state index in [2.05, 4.69) is 20.8 Å². The van der Waals surface area contributed by atoms with Gasteiger partial charge in [-0.05, 0) is 54.2 Å². The molecule has 7 heteroatoms. The Morgan fingerprint density at radius 2 is 1.57 bits per heavy atom. The van der Waals surface area contributed by atoms with Crippen LogP contribution in [0, 0.1) is 10.8 Å². The number of carboxylic acid groups (broad SMARTS) is 1. The van der Waals surface area contributed by atoms with Crippen LogP contribution in [0.15, 0.2) is 42.5 Å². The van der Waals surface area contributed by atoms with Crippen LogP contribution >= 0.6 is 23.2 Å². The average Bonchev–Trinajstić information content (AvgIpc) is 2.65. The molecule has 0 aliphatic heterocycles. The smallest absolute Gasteiger partial charge is 0.335 e. The molecule has 0 aliphatic carbocycles. The summed E-state index contributed by atoms with van der Waals surface area (Å²) in [4.78, 5) is 25.8. The molecule has 0 unspecified atom stereocenters. The molecule has 0 radical (unpaired) electrons. The van der Waals surface area contributed by atoms with Gasteiger partial charge < -0.3 is 10.0 Å². The highest BCUT2D eigenvalue weighted by molar-refractivity contribution is 6.45. The summed E-state index contributed by atoms with van der Waals surface area (Å²) in [6, 6.07) is 10.8. The van der Waals surface area contributed by atoms with Crippen LogP contribution in [0.2, 0.25) is 10.0 Å². The zero-order valence-corrected chi connectivity index (χ0v) is 19.0. The third-order valence-corrected chi connectivity index (χ3v) is 5.30. The predicted molar refractivity (Wildman–Crippen MR) is 121 cm³/mol. The molecule has 0 heterocycles. The van der Waals surface area contributed by atoms with Crippen LogP contribution in [0.1, 0.15) is 61.1 Å². The number of likely N-dealkylation sites (N-methyl/N-ethyl adjacent to an activating group) is 1. The number of aromatic carboxylic acids is 1. The van der Waals surface area contributed by atoms with Crippen molar-refractivity contribution < 1.29 is 14.7 Å². The number of halogens is 2. The van der Waals surface area contributed by atoms with E-state index in [1.807, 2.05) is 0 Å². The van der Waals surface area contributed by atoms with E-state index < -0.39 is 11.9 Å². The van der Waals surface area contributed by atoms with Gasteiger partial charge in [0, 0.05) is 22.7 Å². The Balaban J connectivity index is 2.34. The Bertz CT molecular complexity index is 930. The van der Waals surface area contributed by atoms with Gasteiger partial charge in [-0.15, -0.1) is 0 Å². The van der Waals surface area contributed by atoms with Crippen LogP contribution in [-0.2, 0) is 4.79 Å². The van der Waals surface area contributed by atoms with Crippen molar-refractivity contribution >= 4 is 40.8 Å². The Labute approximate surface area is 187 Å². The van der Waals surface area contributed by atoms with Crippen molar-refractivity contribution in [3.8, 4) is 0 Å². The van der Waals surface area contributed by atoms with Gasteiger partial charge in [-0.3, -0.25) is 10.2 Å². The lowest BCUT2D eigenvalue weighted by Crippen LogP contribution is -2.37. The summed E-state index contributed by atoms with van der Waals surface area (Å²) in [5.41, 5.74) is 1.20. The quantitative estimate of drug-likeness (QED) is 0.502. The molecule has 1 atom stereocenters. The molecule has 2 rings (SSSR count). The molecule has 0 aromatic heterocycles. The molecule has 2 aromatic rings. The average molecular weight is 449 g/mol. The number of hydrogen-bond acceptors (Lipinski definition) is 3. The van der Waals surface area contributed by atoms with Crippen LogP contribution in [0.25, 0.3) is 0 Å². The predicted octanol–water partition coefficient (Wildman–Crippen LogP) is 6.09. The van der Waals surface area contributed by atoms with Crippen molar-refractivity contribution in [2.24, 2.45) is 5.41 Å². The summed E-state index contributed by atoms with van der Waals surface area (Å²) in [7, 11) is 1.65. The molecule has 5 nitrogen and oxygen atoms in total. The minimum Gasteiger partial charge on any atom is -0.478 e. The molecule has 0 fully saturated rings. The van der Waals surface area contributed by atoms with E-state index in [1.54, 1.807) is 25.2 Å². The number of carbonyl (C=O) groups excluding carboxylic acids is 1. The normalized spacial score (nSPS) is 12.3. The van der Waals surface area contributed by atoms with Crippen LogP contribution < -0.4 is 0 Å². The zero-order valence-electron chi connectivity index (χ0n) is 17.5. The number of carbonyl (C=O) groups is 2. The second kappa shape index (κ2) is 9.63. The van der Waals surface area contributed by atoms with E-state index in [9.17, 15) is 9.59 Å². The van der Waals surface area contributed by atoms with E-state index in [-0.39, 0.29) is 22.7 Å². The van der Waals surface area contributed by atoms with Crippen LogP contribution in [0.4, 0.5) is 0 Å². The van der Waals surface area contributed by atoms with E-state index in [0.717, 1.165) is 12.0 Å². The Kier molecular flexibility index (Phi) is 7.67. The lowest BCUT2D eigenvalue weighted by atomic mass is 9.86. The third kappa shape index (κ3) is 6.31. The Hall–Kier alpha value is -2.37. The summed E-state index contributed by atoms with van der Waals surface area (Å²) < 4.78 is 0. The number of benzene rings is 2. The fourth-order valence-electron chi connectivity index (χ4n) is 3.14. The SMILES string of the molecule is CN(C(=O)C(=N)c1cc(Cl)cc(Cl)c1)[C@H](CCC(C)(C)C)c1ccc(C(=O)O)cc1. The molecule has 0 saturated heterocycles. The van der Waals surface area contributed by atoms with Gasteiger partial charge in [-0.2, -0.15) is 0 Å². The molecule has 0 aliphatic rings. The van der Waals surface area contributed by atoms with Gasteiger partial charge in [0.05, 0.1) is 11.6 Å². The van der Waals surface area contributed by atoms with Gasteiger partial charge >= 0.3 is 5.97 Å². The second-order valence-corrected chi connectivity index (χ2v) is 9.36. The first-order valence-electron chi connectivity index (χ1n) is 9.54. The van der Waals surface area contributed by atoms with Crippen LogP contribution in [0.5, 0.6) is 0 Å². The monoisotopic (exact) mass is 448 g/mol. The van der Waals surface area contributed by atoms with Crippen LogP contribution in [0.3, 0.4) is 0 Å². The van der Waals surface area contributed by atoms with Gasteiger partial charge in [-0.1, -0.05) is 56.1 Å². The fraction of sp³-hybridized carbons (Fsp3) is 0.348. The number of nitrogens with zero attached hydrogens (tertiary/aromatic N) is 1. The molecule has 2 aromatic carbocycles. The molecule has 0 saturated carbocycles. The van der Waals surface area contributed by atoms with E-state index in [1.165, 1.54) is 29.2 Å². The zero-order chi connectivity index (χ0) is 22.6. The minimum atomic E-state index is -1.00. The minimum absolute atomic E-state index is 0.0527. The molecule has 2 N–H and O–H groups in total. The number of nitrogens with one attached hydrogen (secondary N) is 1.